The van der Waals surface area contributed by atoms with Crippen LogP contribution in [0.3, 0.4) is 0 Å². The van der Waals surface area contributed by atoms with E-state index in [0.29, 0.717) is 19.6 Å². The highest BCUT2D eigenvalue weighted by Crippen LogP contribution is 2.26. The van der Waals surface area contributed by atoms with Gasteiger partial charge in [-0.1, -0.05) is 0 Å². The Morgan fingerprint density at radius 1 is 1.09 bits per heavy atom. The van der Waals surface area contributed by atoms with Gasteiger partial charge in [0.05, 0.1) is 17.6 Å². The van der Waals surface area contributed by atoms with Gasteiger partial charge in [-0.25, -0.2) is 9.78 Å². The van der Waals surface area contributed by atoms with Crippen LogP contribution in [0.4, 0.5) is 10.5 Å². The first kappa shape index (κ1) is 23.9. The van der Waals surface area contributed by atoms with Crippen molar-refractivity contribution in [2.75, 3.05) is 51.3 Å². The quantitative estimate of drug-likeness (QED) is 0.507. The van der Waals surface area contributed by atoms with Gasteiger partial charge in [0.1, 0.15) is 17.2 Å². The number of imidazole rings is 1. The Kier molecular flexibility index (Phi) is 7.26. The molecule has 1 amide bonds. The summed E-state index contributed by atoms with van der Waals surface area (Å²) in [6.45, 7) is 10.8. The number of hydrogen-bond donors (Lipinski definition) is 2. The smallest absolute Gasteiger partial charge is 0.407 e. The lowest BCUT2D eigenvalue weighted by atomic mass is 10.2. The number of carbonyl (C=O) groups is 1. The fourth-order valence-corrected chi connectivity index (χ4v) is 3.87. The molecular weight excluding hydrogens is 430 g/mol. The number of anilines is 1. The number of rotatable bonds is 7. The van der Waals surface area contributed by atoms with E-state index in [0.717, 1.165) is 54.3 Å². The minimum Gasteiger partial charge on any atom is -0.494 e. The Hall–Kier alpha value is -3.26. The molecule has 0 aliphatic carbocycles. The SMILES string of the molecule is CN1CCN(c2ccc3nc(-c4ccc(OCCCNC(=O)OC(C)(C)C)cc4)[nH]c3c2)CC1. The molecular formula is C26H35N5O3. The zero-order valence-electron chi connectivity index (χ0n) is 20.6. The largest absolute Gasteiger partial charge is 0.494 e. The molecule has 182 valence electrons. The van der Waals surface area contributed by atoms with Gasteiger partial charge in [-0.05, 0) is 76.7 Å². The minimum absolute atomic E-state index is 0.404. The molecule has 1 aliphatic heterocycles. The summed E-state index contributed by atoms with van der Waals surface area (Å²) in [5, 5.41) is 2.74. The topological polar surface area (TPSA) is 82.7 Å². The molecule has 3 aromatic rings. The van der Waals surface area contributed by atoms with Crippen LogP contribution >= 0.6 is 0 Å². The molecule has 1 aromatic heterocycles. The predicted octanol–water partition coefficient (Wildman–Crippen LogP) is 4.28. The monoisotopic (exact) mass is 465 g/mol. The van der Waals surface area contributed by atoms with Crippen LogP contribution in [-0.2, 0) is 4.74 Å². The summed E-state index contributed by atoms with van der Waals surface area (Å²) in [6.07, 6.45) is 0.290. The zero-order chi connectivity index (χ0) is 24.1. The Balaban J connectivity index is 1.29. The van der Waals surface area contributed by atoms with Crippen molar-refractivity contribution in [3.8, 4) is 17.1 Å². The molecule has 0 spiro atoms. The lowest BCUT2D eigenvalue weighted by Crippen LogP contribution is -2.44. The second kappa shape index (κ2) is 10.3. The number of benzene rings is 2. The van der Waals surface area contributed by atoms with Crippen molar-refractivity contribution in [1.29, 1.82) is 0 Å². The van der Waals surface area contributed by atoms with Crippen molar-refractivity contribution in [2.45, 2.75) is 32.8 Å². The van der Waals surface area contributed by atoms with Gasteiger partial charge < -0.3 is 29.6 Å². The number of aromatic amines is 1. The second-order valence-electron chi connectivity index (χ2n) is 9.73. The molecule has 0 saturated carbocycles. The first-order valence-corrected chi connectivity index (χ1v) is 11.9. The van der Waals surface area contributed by atoms with Crippen LogP contribution < -0.4 is 15.0 Å². The van der Waals surface area contributed by atoms with Crippen molar-refractivity contribution in [1.82, 2.24) is 20.2 Å². The Bertz CT molecular complexity index is 1100. The van der Waals surface area contributed by atoms with E-state index in [-0.39, 0.29) is 0 Å². The lowest BCUT2D eigenvalue weighted by Gasteiger charge is -2.34. The summed E-state index contributed by atoms with van der Waals surface area (Å²) in [7, 11) is 2.17. The van der Waals surface area contributed by atoms with Crippen molar-refractivity contribution in [3.63, 3.8) is 0 Å². The molecule has 8 nitrogen and oxygen atoms in total. The Morgan fingerprint density at radius 3 is 2.53 bits per heavy atom. The summed E-state index contributed by atoms with van der Waals surface area (Å²) < 4.78 is 11.0. The van der Waals surface area contributed by atoms with Crippen LogP contribution in [0.15, 0.2) is 42.5 Å². The van der Waals surface area contributed by atoms with E-state index < -0.39 is 11.7 Å². The molecule has 1 fully saturated rings. The van der Waals surface area contributed by atoms with Gasteiger partial charge in [0.25, 0.3) is 0 Å². The van der Waals surface area contributed by atoms with Gasteiger partial charge in [-0.3, -0.25) is 0 Å². The number of hydrogen-bond acceptors (Lipinski definition) is 6. The van der Waals surface area contributed by atoms with Gasteiger partial charge in [0.15, 0.2) is 0 Å². The molecule has 8 heteroatoms. The first-order chi connectivity index (χ1) is 16.3. The highest BCUT2D eigenvalue weighted by molar-refractivity contribution is 5.83. The van der Waals surface area contributed by atoms with Gasteiger partial charge in [0.2, 0.25) is 0 Å². The second-order valence-corrected chi connectivity index (χ2v) is 9.73. The van der Waals surface area contributed by atoms with Crippen LogP contribution in [0.25, 0.3) is 22.4 Å². The van der Waals surface area contributed by atoms with E-state index in [2.05, 4.69) is 45.3 Å². The highest BCUT2D eigenvalue weighted by atomic mass is 16.6. The maximum absolute atomic E-state index is 11.7. The number of alkyl carbamates (subject to hydrolysis) is 1. The van der Waals surface area contributed by atoms with Crippen molar-refractivity contribution in [3.05, 3.63) is 42.5 Å². The summed E-state index contributed by atoms with van der Waals surface area (Å²) in [5.74, 6) is 1.63. The molecule has 2 aromatic carbocycles. The molecule has 0 unspecified atom stereocenters. The Morgan fingerprint density at radius 2 is 1.82 bits per heavy atom. The van der Waals surface area contributed by atoms with Gasteiger partial charge >= 0.3 is 6.09 Å². The van der Waals surface area contributed by atoms with Gasteiger partial charge in [-0.2, -0.15) is 0 Å². The molecule has 1 saturated heterocycles. The third-order valence-electron chi connectivity index (χ3n) is 5.72. The van der Waals surface area contributed by atoms with E-state index >= 15 is 0 Å². The number of H-pyrrole nitrogens is 1. The third kappa shape index (κ3) is 6.41. The number of aromatic nitrogens is 2. The maximum atomic E-state index is 11.7. The van der Waals surface area contributed by atoms with Crippen LogP contribution in [0.2, 0.25) is 0 Å². The zero-order valence-corrected chi connectivity index (χ0v) is 20.6. The van der Waals surface area contributed by atoms with Crippen LogP contribution in [0.1, 0.15) is 27.2 Å². The molecule has 0 atom stereocenters. The number of nitrogens with one attached hydrogen (secondary N) is 2. The van der Waals surface area contributed by atoms with Crippen LogP contribution in [0.5, 0.6) is 5.75 Å². The van der Waals surface area contributed by atoms with E-state index in [1.54, 1.807) is 0 Å². The fraction of sp³-hybridized carbons (Fsp3) is 0.462. The lowest BCUT2D eigenvalue weighted by molar-refractivity contribution is 0.0525. The molecule has 34 heavy (non-hydrogen) atoms. The van der Waals surface area contributed by atoms with Crippen molar-refractivity contribution < 1.29 is 14.3 Å². The van der Waals surface area contributed by atoms with E-state index in [1.165, 1.54) is 5.69 Å². The number of carbonyl (C=O) groups excluding carboxylic acids is 1. The maximum Gasteiger partial charge on any atom is 0.407 e. The number of nitrogens with zero attached hydrogens (tertiary/aromatic N) is 3. The van der Waals surface area contributed by atoms with Crippen LogP contribution in [0, 0.1) is 0 Å². The number of ether oxygens (including phenoxy) is 2. The molecule has 0 radical (unpaired) electrons. The average Bonchev–Trinajstić information content (AvgIpc) is 3.22. The fourth-order valence-electron chi connectivity index (χ4n) is 3.87. The normalized spacial score (nSPS) is 14.9. The van der Waals surface area contributed by atoms with E-state index in [9.17, 15) is 4.79 Å². The molecule has 4 rings (SSSR count). The standard InChI is InChI=1S/C26H35N5O3/c1-26(2,3)34-25(32)27-12-5-17-33-21-9-6-19(7-10-21)24-28-22-11-8-20(18-23(22)29-24)31-15-13-30(4)14-16-31/h6-11,18H,5,12-17H2,1-4H3,(H,27,32)(H,28,29). The summed E-state index contributed by atoms with van der Waals surface area (Å²) in [5.41, 5.74) is 3.77. The molecule has 2 heterocycles. The molecule has 0 bridgehead atoms. The number of fused-ring (bicyclic) bond motifs is 1. The number of piperazine rings is 1. The number of amides is 1. The van der Waals surface area contributed by atoms with E-state index in [4.69, 9.17) is 14.5 Å². The first-order valence-electron chi connectivity index (χ1n) is 11.9. The van der Waals surface area contributed by atoms with Crippen molar-refractivity contribution in [2.24, 2.45) is 0 Å². The average molecular weight is 466 g/mol. The minimum atomic E-state index is -0.491. The van der Waals surface area contributed by atoms with Gasteiger partial charge in [-0.15, -0.1) is 0 Å². The summed E-state index contributed by atoms with van der Waals surface area (Å²) in [4.78, 5) is 24.7. The predicted molar refractivity (Wildman–Crippen MR) is 136 cm³/mol. The highest BCUT2D eigenvalue weighted by Gasteiger charge is 2.16. The summed E-state index contributed by atoms with van der Waals surface area (Å²) >= 11 is 0. The number of likely N-dealkylation sites (N-methyl/N-ethyl adjacent to an activating group) is 1. The Labute approximate surface area is 201 Å². The molecule has 1 aliphatic rings. The third-order valence-corrected chi connectivity index (χ3v) is 5.72. The van der Waals surface area contributed by atoms with Crippen molar-refractivity contribution >= 4 is 22.8 Å². The van der Waals surface area contributed by atoms with Crippen LogP contribution in [-0.4, -0.2) is 72.9 Å². The van der Waals surface area contributed by atoms with Gasteiger partial charge in [0, 0.05) is 44.0 Å². The van der Waals surface area contributed by atoms with E-state index in [1.807, 2.05) is 45.0 Å². The summed E-state index contributed by atoms with van der Waals surface area (Å²) in [6, 6.07) is 14.3. The molecule has 2 N–H and O–H groups in total.